The topological polar surface area (TPSA) is 26.3 Å². The molecular weight excluding hydrogens is 264 g/mol. The van der Waals surface area contributed by atoms with Crippen LogP contribution < -0.4 is 0 Å². The summed E-state index contributed by atoms with van der Waals surface area (Å²) in [5.41, 5.74) is 4.15. The molecule has 0 unspecified atom stereocenters. The number of hydrogen-bond acceptors (Lipinski definition) is 2. The normalized spacial score (nSPS) is 12.9. The van der Waals surface area contributed by atoms with E-state index in [1.807, 2.05) is 31.2 Å². The molecule has 1 aromatic rings. The quantitative estimate of drug-likeness (QED) is 0.441. The van der Waals surface area contributed by atoms with Gasteiger partial charge in [0.2, 0.25) is 0 Å². The molecule has 0 saturated carbocycles. The van der Waals surface area contributed by atoms with Crippen LogP contribution in [0, 0.1) is 6.92 Å². The van der Waals surface area contributed by atoms with Crippen molar-refractivity contribution in [2.75, 3.05) is 6.61 Å². The maximum Gasteiger partial charge on any atom is 0.338 e. The van der Waals surface area contributed by atoms with E-state index in [1.165, 1.54) is 11.1 Å². The number of aryl methyl sites for hydroxylation is 1. The number of rotatable bonds is 5. The zero-order valence-electron chi connectivity index (χ0n) is 13.5. The monoisotopic (exact) mass is 290 g/mol. The molecule has 0 aliphatic heterocycles. The Kier molecular flexibility index (Phi) is 5.75. The second-order valence-electron chi connectivity index (χ2n) is 6.69. The molecule has 2 nitrogen and oxygen atoms in total. The van der Waals surface area contributed by atoms with Gasteiger partial charge in [-0.2, -0.15) is 0 Å². The summed E-state index contributed by atoms with van der Waals surface area (Å²) in [5.74, 6) is -0.233. The molecule has 0 atom stereocenters. The summed E-state index contributed by atoms with van der Waals surface area (Å²) in [7, 11) is -1.11. The van der Waals surface area contributed by atoms with Crippen LogP contribution in [0.2, 0.25) is 25.7 Å². The Labute approximate surface area is 123 Å². The van der Waals surface area contributed by atoms with Gasteiger partial charge in [0.05, 0.1) is 5.56 Å². The van der Waals surface area contributed by atoms with Crippen molar-refractivity contribution in [2.45, 2.75) is 46.5 Å². The molecule has 0 aromatic heterocycles. The number of hydrogen-bond donors (Lipinski definition) is 0. The van der Waals surface area contributed by atoms with E-state index in [4.69, 9.17) is 4.74 Å². The summed E-state index contributed by atoms with van der Waals surface area (Å²) in [6, 6.07) is 8.68. The molecule has 1 rings (SSSR count). The largest absolute Gasteiger partial charge is 0.458 e. The molecule has 0 aliphatic carbocycles. The van der Waals surface area contributed by atoms with Gasteiger partial charge in [0.1, 0.15) is 6.61 Å². The fourth-order valence-corrected chi connectivity index (χ4v) is 4.02. The predicted octanol–water partition coefficient (Wildman–Crippen LogP) is 4.83. The molecule has 0 radical (unpaired) electrons. The molecule has 1 aromatic carbocycles. The number of allylic oxidation sites excluding steroid dienone is 1. The van der Waals surface area contributed by atoms with Crippen LogP contribution in [-0.2, 0) is 4.74 Å². The number of ether oxygens (including phenoxy) is 1. The zero-order chi connectivity index (χ0) is 15.3. The minimum absolute atomic E-state index is 0.233. The maximum atomic E-state index is 12.0. The van der Waals surface area contributed by atoms with Gasteiger partial charge >= 0.3 is 5.97 Å². The fraction of sp³-hybridized carbons (Fsp3) is 0.471. The van der Waals surface area contributed by atoms with Gasteiger partial charge in [-0.25, -0.2) is 4.79 Å². The van der Waals surface area contributed by atoms with E-state index in [0.29, 0.717) is 12.2 Å². The summed E-state index contributed by atoms with van der Waals surface area (Å²) >= 11 is 0. The molecule has 0 aliphatic rings. The Morgan fingerprint density at radius 2 is 1.70 bits per heavy atom. The van der Waals surface area contributed by atoms with E-state index in [2.05, 4.69) is 33.5 Å². The Balaban J connectivity index is 2.65. The van der Waals surface area contributed by atoms with Gasteiger partial charge in [0.15, 0.2) is 0 Å². The first-order valence-corrected chi connectivity index (χ1v) is 10.8. The first-order valence-electron chi connectivity index (χ1n) is 7.08. The van der Waals surface area contributed by atoms with E-state index in [9.17, 15) is 4.79 Å². The minimum Gasteiger partial charge on any atom is -0.458 e. The highest BCUT2D eigenvalue weighted by atomic mass is 28.3. The third-order valence-corrected chi connectivity index (χ3v) is 4.90. The van der Waals surface area contributed by atoms with Gasteiger partial charge in [-0.3, -0.25) is 0 Å². The van der Waals surface area contributed by atoms with Crippen molar-refractivity contribution >= 4 is 14.0 Å². The van der Waals surface area contributed by atoms with E-state index in [-0.39, 0.29) is 5.97 Å². The summed E-state index contributed by atoms with van der Waals surface area (Å²) in [6.07, 6.45) is 0. The van der Waals surface area contributed by atoms with Crippen LogP contribution in [-0.4, -0.2) is 20.7 Å². The lowest BCUT2D eigenvalue weighted by molar-refractivity contribution is 0.0538. The summed E-state index contributed by atoms with van der Waals surface area (Å²) in [5, 5.41) is 0. The van der Waals surface area contributed by atoms with Crippen molar-refractivity contribution in [1.82, 2.24) is 0 Å². The van der Waals surface area contributed by atoms with Gasteiger partial charge in [-0.05, 0) is 44.0 Å². The van der Waals surface area contributed by atoms with E-state index < -0.39 is 8.07 Å². The van der Waals surface area contributed by atoms with Crippen molar-refractivity contribution in [2.24, 2.45) is 0 Å². The molecule has 0 amide bonds. The number of carbonyl (C=O) groups is 1. The summed E-state index contributed by atoms with van der Waals surface area (Å²) < 4.78 is 5.42. The molecule has 0 heterocycles. The van der Waals surface area contributed by atoms with Crippen LogP contribution in [0.4, 0.5) is 0 Å². The lowest BCUT2D eigenvalue weighted by atomic mass is 10.1. The highest BCUT2D eigenvalue weighted by Gasteiger charge is 2.15. The van der Waals surface area contributed by atoms with Crippen LogP contribution in [0.5, 0.6) is 0 Å². The molecule has 3 heteroatoms. The zero-order valence-corrected chi connectivity index (χ0v) is 14.5. The summed E-state index contributed by atoms with van der Waals surface area (Å²) in [4.78, 5) is 12.0. The van der Waals surface area contributed by atoms with Crippen molar-refractivity contribution in [3.63, 3.8) is 0 Å². The first kappa shape index (κ1) is 16.7. The molecule has 0 N–H and O–H groups in total. The second-order valence-corrected chi connectivity index (χ2v) is 12.2. The number of benzene rings is 1. The van der Waals surface area contributed by atoms with Gasteiger partial charge in [0.25, 0.3) is 0 Å². The molecular formula is C17H26O2Si. The highest BCUT2D eigenvalue weighted by Crippen LogP contribution is 2.19. The van der Waals surface area contributed by atoms with Gasteiger partial charge in [-0.15, -0.1) is 0 Å². The SMILES string of the molecule is C/C(COC(=O)c1ccccc1C)=C(\C)C[Si](C)(C)C. The summed E-state index contributed by atoms with van der Waals surface area (Å²) in [6.45, 7) is 13.6. The van der Waals surface area contributed by atoms with E-state index in [0.717, 1.165) is 11.6 Å². The fourth-order valence-electron chi connectivity index (χ4n) is 2.12. The lowest BCUT2D eigenvalue weighted by Gasteiger charge is -2.18. The molecule has 20 heavy (non-hydrogen) atoms. The standard InChI is InChI=1S/C17H26O2Si/c1-13-9-7-8-10-16(13)17(18)19-11-14(2)15(3)12-20(4,5)6/h7-10H,11-12H2,1-6H3/b15-14-. The Morgan fingerprint density at radius 3 is 2.25 bits per heavy atom. The van der Waals surface area contributed by atoms with Gasteiger partial charge < -0.3 is 4.74 Å². The highest BCUT2D eigenvalue weighted by molar-refractivity contribution is 6.76. The van der Waals surface area contributed by atoms with Crippen molar-refractivity contribution in [3.8, 4) is 0 Å². The molecule has 0 spiro atoms. The van der Waals surface area contributed by atoms with Crippen molar-refractivity contribution in [1.29, 1.82) is 0 Å². The van der Waals surface area contributed by atoms with Crippen LogP contribution in [0.3, 0.4) is 0 Å². The molecule has 110 valence electrons. The predicted molar refractivity (Wildman–Crippen MR) is 88.0 cm³/mol. The van der Waals surface area contributed by atoms with Crippen LogP contribution in [0.15, 0.2) is 35.4 Å². The third kappa shape index (κ3) is 5.33. The van der Waals surface area contributed by atoms with Gasteiger partial charge in [0, 0.05) is 8.07 Å². The number of esters is 1. The van der Waals surface area contributed by atoms with E-state index >= 15 is 0 Å². The minimum atomic E-state index is -1.11. The average molecular weight is 290 g/mol. The van der Waals surface area contributed by atoms with Crippen molar-refractivity contribution < 1.29 is 9.53 Å². The van der Waals surface area contributed by atoms with Crippen LogP contribution in [0.1, 0.15) is 29.8 Å². The Hall–Kier alpha value is -1.35. The second kappa shape index (κ2) is 6.89. The Bertz CT molecular complexity index is 510. The maximum absolute atomic E-state index is 12.0. The smallest absolute Gasteiger partial charge is 0.338 e. The molecule has 0 fully saturated rings. The molecule has 0 saturated heterocycles. The Morgan fingerprint density at radius 1 is 1.10 bits per heavy atom. The number of carbonyl (C=O) groups excluding carboxylic acids is 1. The third-order valence-electron chi connectivity index (χ3n) is 3.31. The van der Waals surface area contributed by atoms with E-state index in [1.54, 1.807) is 0 Å². The first-order chi connectivity index (χ1) is 9.20. The molecule has 0 bridgehead atoms. The average Bonchev–Trinajstić information content (AvgIpc) is 2.34. The van der Waals surface area contributed by atoms with Gasteiger partial charge in [-0.1, -0.05) is 43.4 Å². The lowest BCUT2D eigenvalue weighted by Crippen LogP contribution is -2.20. The van der Waals surface area contributed by atoms with Crippen LogP contribution >= 0.6 is 0 Å². The van der Waals surface area contributed by atoms with Crippen LogP contribution in [0.25, 0.3) is 0 Å². The van der Waals surface area contributed by atoms with Crippen molar-refractivity contribution in [3.05, 3.63) is 46.5 Å².